The van der Waals surface area contributed by atoms with Crippen LogP contribution in [0.5, 0.6) is 0 Å². The van der Waals surface area contributed by atoms with Gasteiger partial charge in [-0.25, -0.2) is 0 Å². The number of carbonyl (C=O) groups excluding carboxylic acids is 1. The third kappa shape index (κ3) is 5.35. The lowest BCUT2D eigenvalue weighted by Gasteiger charge is -2.18. The molecule has 0 aromatic carbocycles. The molecule has 0 aromatic heterocycles. The van der Waals surface area contributed by atoms with E-state index in [0.717, 1.165) is 0 Å². The summed E-state index contributed by atoms with van der Waals surface area (Å²) in [7, 11) is 1.56. The number of carbonyl (C=O) groups is 1. The zero-order chi connectivity index (χ0) is 10.3. The van der Waals surface area contributed by atoms with Crippen molar-refractivity contribution in [3.63, 3.8) is 0 Å². The maximum absolute atomic E-state index is 10.9. The minimum absolute atomic E-state index is 0.0170. The molecular formula is C8H15NO4. The Kier molecular flexibility index (Phi) is 6.13. The topological polar surface area (TPSA) is 70.0 Å². The van der Waals surface area contributed by atoms with E-state index in [1.807, 2.05) is 0 Å². The van der Waals surface area contributed by atoms with Gasteiger partial charge in [0, 0.05) is 0 Å². The Balaban J connectivity index is 3.70. The van der Waals surface area contributed by atoms with Gasteiger partial charge in [-0.15, -0.1) is 0 Å². The largest absolute Gasteiger partial charge is 0.462 e. The van der Waals surface area contributed by atoms with Crippen LogP contribution in [0.4, 0.5) is 0 Å². The van der Waals surface area contributed by atoms with Crippen molar-refractivity contribution < 1.29 is 19.7 Å². The number of ether oxygens (including phenoxy) is 1. The first kappa shape index (κ1) is 12.1. The molecule has 5 heteroatoms. The first-order valence-corrected chi connectivity index (χ1v) is 3.89. The number of nitrogens with zero attached hydrogens (tertiary/aromatic N) is 1. The first-order chi connectivity index (χ1) is 6.11. The molecule has 13 heavy (non-hydrogen) atoms. The Bertz CT molecular complexity index is 172. The molecule has 0 fully saturated rings. The molecule has 76 valence electrons. The van der Waals surface area contributed by atoms with Crippen LogP contribution in [0.2, 0.25) is 0 Å². The molecule has 1 atom stereocenters. The van der Waals surface area contributed by atoms with Crippen LogP contribution >= 0.6 is 0 Å². The van der Waals surface area contributed by atoms with E-state index in [4.69, 9.17) is 10.2 Å². The molecule has 0 radical (unpaired) electrons. The quantitative estimate of drug-likeness (QED) is 0.317. The van der Waals surface area contributed by atoms with E-state index in [0.29, 0.717) is 0 Å². The third-order valence-corrected chi connectivity index (χ3v) is 1.40. The van der Waals surface area contributed by atoms with Gasteiger partial charge >= 0.3 is 5.97 Å². The second-order valence-electron chi connectivity index (χ2n) is 2.51. The Morgan fingerprint density at radius 3 is 2.85 bits per heavy atom. The maximum atomic E-state index is 10.9. The average Bonchev–Trinajstić information content (AvgIpc) is 2.13. The van der Waals surface area contributed by atoms with E-state index in [1.54, 1.807) is 7.05 Å². The fourth-order valence-corrected chi connectivity index (χ4v) is 0.682. The van der Waals surface area contributed by atoms with Gasteiger partial charge in [0.1, 0.15) is 12.8 Å². The molecule has 0 amide bonds. The van der Waals surface area contributed by atoms with E-state index in [-0.39, 0.29) is 19.8 Å². The van der Waals surface area contributed by atoms with Crippen molar-refractivity contribution in [1.82, 2.24) is 4.90 Å². The third-order valence-electron chi connectivity index (χ3n) is 1.40. The van der Waals surface area contributed by atoms with Gasteiger partial charge in [-0.2, -0.15) is 0 Å². The summed E-state index contributed by atoms with van der Waals surface area (Å²) in [4.78, 5) is 12.3. The zero-order valence-electron chi connectivity index (χ0n) is 7.64. The number of esters is 1. The monoisotopic (exact) mass is 189 g/mol. The lowest BCUT2D eigenvalue weighted by atomic mass is 10.4. The fraction of sp³-hybridized carbons (Fsp3) is 0.625. The van der Waals surface area contributed by atoms with Crippen LogP contribution in [-0.2, 0) is 9.53 Å². The molecule has 0 bridgehead atoms. The summed E-state index contributed by atoms with van der Waals surface area (Å²) in [5, 5.41) is 17.5. The van der Waals surface area contributed by atoms with Gasteiger partial charge in [0.05, 0.1) is 13.2 Å². The van der Waals surface area contributed by atoms with E-state index >= 15 is 0 Å². The van der Waals surface area contributed by atoms with Gasteiger partial charge in [0.25, 0.3) is 0 Å². The Hall–Kier alpha value is -0.910. The second-order valence-corrected chi connectivity index (χ2v) is 2.51. The molecule has 0 rings (SSSR count). The number of hydrogen-bond acceptors (Lipinski definition) is 5. The van der Waals surface area contributed by atoms with Crippen LogP contribution in [0.15, 0.2) is 12.7 Å². The van der Waals surface area contributed by atoms with Crippen molar-refractivity contribution in [2.75, 3.05) is 26.8 Å². The minimum atomic E-state index is -0.860. The number of likely N-dealkylation sites (N-methyl/N-ethyl adjacent to an activating group) is 1. The van der Waals surface area contributed by atoms with Crippen molar-refractivity contribution in [2.24, 2.45) is 0 Å². The maximum Gasteiger partial charge on any atom is 0.320 e. The van der Waals surface area contributed by atoms with Crippen LogP contribution < -0.4 is 0 Å². The predicted octanol–water partition coefficient (Wildman–Crippen LogP) is -1.04. The van der Waals surface area contributed by atoms with Crippen molar-refractivity contribution in [1.29, 1.82) is 0 Å². The fourth-order valence-electron chi connectivity index (χ4n) is 0.682. The molecule has 0 aromatic rings. The molecule has 0 aliphatic carbocycles. The molecule has 0 spiro atoms. The van der Waals surface area contributed by atoms with E-state index < -0.39 is 12.2 Å². The van der Waals surface area contributed by atoms with Crippen LogP contribution in [0, 0.1) is 0 Å². The van der Waals surface area contributed by atoms with E-state index in [1.165, 1.54) is 11.0 Å². The van der Waals surface area contributed by atoms with Gasteiger partial charge in [0.15, 0.2) is 0 Å². The highest BCUT2D eigenvalue weighted by Crippen LogP contribution is 1.93. The number of hydrogen-bond donors (Lipinski definition) is 2. The number of aliphatic hydroxyl groups is 2. The Morgan fingerprint density at radius 2 is 2.38 bits per heavy atom. The van der Waals surface area contributed by atoms with Crippen molar-refractivity contribution in [3.05, 3.63) is 12.7 Å². The highest BCUT2D eigenvalue weighted by atomic mass is 16.5. The lowest BCUT2D eigenvalue weighted by molar-refractivity contribution is -0.147. The molecule has 2 N–H and O–H groups in total. The molecule has 0 aliphatic heterocycles. The summed E-state index contributed by atoms with van der Waals surface area (Å²) in [5.41, 5.74) is 0. The Labute approximate surface area is 77.2 Å². The summed E-state index contributed by atoms with van der Waals surface area (Å²) in [6.07, 6.45) is 0.445. The van der Waals surface area contributed by atoms with E-state index in [9.17, 15) is 4.79 Å². The Morgan fingerprint density at radius 1 is 1.77 bits per heavy atom. The standard InChI is InChI=1S/C8H15NO4/c1-3-7(11)9(2)6-8(12)13-5-4-10/h3,7,10-11H,1,4-6H2,2H3. The van der Waals surface area contributed by atoms with Crippen molar-refractivity contribution in [2.45, 2.75) is 6.23 Å². The number of rotatable bonds is 6. The highest BCUT2D eigenvalue weighted by Gasteiger charge is 2.11. The molecule has 5 nitrogen and oxygen atoms in total. The molecule has 0 saturated carbocycles. The molecule has 0 heterocycles. The van der Waals surface area contributed by atoms with Crippen LogP contribution in [0.25, 0.3) is 0 Å². The second kappa shape index (κ2) is 6.59. The first-order valence-electron chi connectivity index (χ1n) is 3.89. The van der Waals surface area contributed by atoms with E-state index in [2.05, 4.69) is 11.3 Å². The van der Waals surface area contributed by atoms with Crippen LogP contribution in [0.1, 0.15) is 0 Å². The molecule has 0 aliphatic rings. The zero-order valence-corrected chi connectivity index (χ0v) is 7.64. The van der Waals surface area contributed by atoms with Gasteiger partial charge in [-0.1, -0.05) is 6.58 Å². The summed E-state index contributed by atoms with van der Waals surface area (Å²) >= 11 is 0. The van der Waals surface area contributed by atoms with Crippen LogP contribution in [-0.4, -0.2) is 54.1 Å². The molecular weight excluding hydrogens is 174 g/mol. The van der Waals surface area contributed by atoms with Gasteiger partial charge in [0.2, 0.25) is 0 Å². The lowest BCUT2D eigenvalue weighted by Crippen LogP contribution is -2.35. The van der Waals surface area contributed by atoms with Gasteiger partial charge in [-0.3, -0.25) is 9.69 Å². The molecule has 1 unspecified atom stereocenters. The molecule has 0 saturated heterocycles. The normalized spacial score (nSPS) is 12.6. The summed E-state index contributed by atoms with van der Waals surface area (Å²) < 4.78 is 4.58. The highest BCUT2D eigenvalue weighted by molar-refractivity contribution is 5.71. The van der Waals surface area contributed by atoms with Crippen LogP contribution in [0.3, 0.4) is 0 Å². The summed E-state index contributed by atoms with van der Waals surface area (Å²) in [6, 6.07) is 0. The smallest absolute Gasteiger partial charge is 0.320 e. The summed E-state index contributed by atoms with van der Waals surface area (Å²) in [6.45, 7) is 3.12. The summed E-state index contributed by atoms with van der Waals surface area (Å²) in [5.74, 6) is -0.488. The van der Waals surface area contributed by atoms with Gasteiger partial charge < -0.3 is 14.9 Å². The predicted molar refractivity (Wildman–Crippen MR) is 46.9 cm³/mol. The minimum Gasteiger partial charge on any atom is -0.462 e. The number of aliphatic hydroxyl groups excluding tert-OH is 2. The van der Waals surface area contributed by atoms with Gasteiger partial charge in [-0.05, 0) is 13.1 Å². The average molecular weight is 189 g/mol. The SMILES string of the molecule is C=CC(O)N(C)CC(=O)OCCO. The van der Waals surface area contributed by atoms with Crippen molar-refractivity contribution >= 4 is 5.97 Å². The van der Waals surface area contributed by atoms with Crippen molar-refractivity contribution in [3.8, 4) is 0 Å².